The third-order valence-corrected chi connectivity index (χ3v) is 4.15. The fourth-order valence-electron chi connectivity index (χ4n) is 2.76. The highest BCUT2D eigenvalue weighted by molar-refractivity contribution is 5.16. The van der Waals surface area contributed by atoms with Crippen LogP contribution < -0.4 is 5.32 Å². The summed E-state index contributed by atoms with van der Waals surface area (Å²) in [6, 6.07) is 3.49. The highest BCUT2D eigenvalue weighted by atomic mass is 15.2. The predicted octanol–water partition coefficient (Wildman–Crippen LogP) is 2.60. The second-order valence-electron chi connectivity index (χ2n) is 6.24. The van der Waals surface area contributed by atoms with Gasteiger partial charge in [0.15, 0.2) is 0 Å². The Balaban J connectivity index is 2.07. The molecule has 1 aliphatic rings. The molecule has 0 spiro atoms. The van der Waals surface area contributed by atoms with Gasteiger partial charge in [0.1, 0.15) is 0 Å². The van der Waals surface area contributed by atoms with E-state index in [4.69, 9.17) is 0 Å². The first-order valence-electron chi connectivity index (χ1n) is 7.44. The molecule has 0 saturated carbocycles. The summed E-state index contributed by atoms with van der Waals surface area (Å²) < 4.78 is 0. The molecule has 0 aliphatic carbocycles. The molecule has 2 unspecified atom stereocenters. The van der Waals surface area contributed by atoms with E-state index >= 15 is 0 Å². The van der Waals surface area contributed by atoms with Crippen LogP contribution in [0.4, 0.5) is 0 Å². The number of nitrogens with zero attached hydrogens (tertiary/aromatic N) is 2. The van der Waals surface area contributed by atoms with Crippen molar-refractivity contribution in [2.24, 2.45) is 5.92 Å². The lowest BCUT2D eigenvalue weighted by atomic mass is 10.0. The van der Waals surface area contributed by atoms with E-state index in [0.717, 1.165) is 19.6 Å². The summed E-state index contributed by atoms with van der Waals surface area (Å²) in [5.74, 6) is 0.684. The van der Waals surface area contributed by atoms with Gasteiger partial charge in [0, 0.05) is 37.6 Å². The Hall–Kier alpha value is -0.930. The normalized spacial score (nSPS) is 25.5. The summed E-state index contributed by atoms with van der Waals surface area (Å²) in [5, 5.41) is 3.68. The molecule has 1 fully saturated rings. The molecule has 1 aliphatic heterocycles. The number of rotatable bonds is 3. The fraction of sp³-hybridized carbons (Fsp3) is 0.688. The van der Waals surface area contributed by atoms with Gasteiger partial charge in [0.2, 0.25) is 0 Å². The number of aromatic nitrogens is 1. The van der Waals surface area contributed by atoms with E-state index in [-0.39, 0.29) is 0 Å². The van der Waals surface area contributed by atoms with Crippen molar-refractivity contribution in [1.82, 2.24) is 15.2 Å². The van der Waals surface area contributed by atoms with Crippen molar-refractivity contribution in [3.8, 4) is 0 Å². The Labute approximate surface area is 117 Å². The van der Waals surface area contributed by atoms with Crippen LogP contribution in [0.25, 0.3) is 0 Å². The first-order chi connectivity index (χ1) is 9.06. The van der Waals surface area contributed by atoms with Gasteiger partial charge < -0.3 is 5.32 Å². The fourth-order valence-corrected chi connectivity index (χ4v) is 2.76. The maximum absolute atomic E-state index is 4.31. The highest BCUT2D eigenvalue weighted by Crippen LogP contribution is 2.16. The van der Waals surface area contributed by atoms with Gasteiger partial charge in [-0.1, -0.05) is 19.9 Å². The number of aryl methyl sites for hydroxylation is 1. The second-order valence-corrected chi connectivity index (χ2v) is 6.24. The van der Waals surface area contributed by atoms with E-state index in [1.807, 2.05) is 12.4 Å². The lowest BCUT2D eigenvalue weighted by molar-refractivity contribution is 0.184. The Morgan fingerprint density at radius 2 is 2.21 bits per heavy atom. The molecular weight excluding hydrogens is 234 g/mol. The Morgan fingerprint density at radius 1 is 1.42 bits per heavy atom. The minimum atomic E-state index is 0.600. The zero-order valence-electron chi connectivity index (χ0n) is 12.7. The van der Waals surface area contributed by atoms with E-state index in [2.05, 4.69) is 49.0 Å². The molecule has 2 rings (SSSR count). The van der Waals surface area contributed by atoms with E-state index in [0.29, 0.717) is 18.0 Å². The molecule has 19 heavy (non-hydrogen) atoms. The van der Waals surface area contributed by atoms with Crippen LogP contribution in [0.3, 0.4) is 0 Å². The summed E-state index contributed by atoms with van der Waals surface area (Å²) in [5.41, 5.74) is 2.58. The third-order valence-electron chi connectivity index (χ3n) is 4.15. The van der Waals surface area contributed by atoms with Crippen LogP contribution in [-0.2, 0) is 6.54 Å². The molecule has 3 nitrogen and oxygen atoms in total. The smallest absolute Gasteiger partial charge is 0.0313 e. The van der Waals surface area contributed by atoms with Crippen LogP contribution in [0.2, 0.25) is 0 Å². The second kappa shape index (κ2) is 6.49. The monoisotopic (exact) mass is 261 g/mol. The first kappa shape index (κ1) is 14.5. The van der Waals surface area contributed by atoms with Crippen LogP contribution in [0, 0.1) is 12.8 Å². The van der Waals surface area contributed by atoms with E-state index in [9.17, 15) is 0 Å². The van der Waals surface area contributed by atoms with Gasteiger partial charge in [0.25, 0.3) is 0 Å². The zero-order valence-corrected chi connectivity index (χ0v) is 12.7. The third kappa shape index (κ3) is 4.02. The van der Waals surface area contributed by atoms with Gasteiger partial charge >= 0.3 is 0 Å². The molecule has 106 valence electrons. The van der Waals surface area contributed by atoms with Crippen molar-refractivity contribution in [3.05, 3.63) is 29.6 Å². The summed E-state index contributed by atoms with van der Waals surface area (Å²) in [7, 11) is 0. The Morgan fingerprint density at radius 3 is 2.89 bits per heavy atom. The summed E-state index contributed by atoms with van der Waals surface area (Å²) in [4.78, 5) is 6.91. The quantitative estimate of drug-likeness (QED) is 0.906. The van der Waals surface area contributed by atoms with Gasteiger partial charge in [-0.25, -0.2) is 0 Å². The van der Waals surface area contributed by atoms with Crippen molar-refractivity contribution in [2.45, 2.75) is 52.7 Å². The van der Waals surface area contributed by atoms with Crippen molar-refractivity contribution >= 4 is 0 Å². The van der Waals surface area contributed by atoms with Crippen molar-refractivity contribution in [1.29, 1.82) is 0 Å². The van der Waals surface area contributed by atoms with E-state index in [1.165, 1.54) is 17.5 Å². The predicted molar refractivity (Wildman–Crippen MR) is 80.1 cm³/mol. The Kier molecular flexibility index (Phi) is 4.94. The molecule has 0 aromatic carbocycles. The molecule has 0 bridgehead atoms. The van der Waals surface area contributed by atoms with Gasteiger partial charge in [-0.3, -0.25) is 9.88 Å². The highest BCUT2D eigenvalue weighted by Gasteiger charge is 2.24. The van der Waals surface area contributed by atoms with Gasteiger partial charge in [-0.15, -0.1) is 0 Å². The molecule has 1 aromatic rings. The van der Waals surface area contributed by atoms with Gasteiger partial charge in [0.05, 0.1) is 0 Å². The molecule has 0 radical (unpaired) electrons. The van der Waals surface area contributed by atoms with Crippen molar-refractivity contribution in [2.75, 3.05) is 13.1 Å². The Bertz CT molecular complexity index is 403. The van der Waals surface area contributed by atoms with E-state index < -0.39 is 0 Å². The molecule has 1 N–H and O–H groups in total. The molecule has 1 aromatic heterocycles. The molecule has 1 saturated heterocycles. The van der Waals surface area contributed by atoms with Crippen molar-refractivity contribution in [3.63, 3.8) is 0 Å². The number of nitrogens with one attached hydrogen (secondary N) is 1. The molecular formula is C16H27N3. The number of pyridine rings is 1. The van der Waals surface area contributed by atoms with Crippen LogP contribution in [0.1, 0.15) is 38.3 Å². The first-order valence-corrected chi connectivity index (χ1v) is 7.44. The lowest BCUT2D eigenvalue weighted by Gasteiger charge is -2.30. The molecule has 0 amide bonds. The van der Waals surface area contributed by atoms with Crippen molar-refractivity contribution < 1.29 is 0 Å². The minimum Gasteiger partial charge on any atom is -0.312 e. The summed E-state index contributed by atoms with van der Waals surface area (Å²) >= 11 is 0. The van der Waals surface area contributed by atoms with Gasteiger partial charge in [-0.2, -0.15) is 0 Å². The topological polar surface area (TPSA) is 28.2 Å². The standard InChI is InChI=1S/C16H27N3/c1-12(2)16-11-19(14(4)5-6-18-16)10-15-7-13(3)8-17-9-15/h7-9,12,14,16,18H,5-6,10-11H2,1-4H3. The van der Waals surface area contributed by atoms with Crippen LogP contribution in [0.5, 0.6) is 0 Å². The zero-order chi connectivity index (χ0) is 13.8. The average Bonchev–Trinajstić information content (AvgIpc) is 2.52. The molecule has 2 heterocycles. The SMILES string of the molecule is Cc1cncc(CN2CC(C(C)C)NCCC2C)c1. The molecule has 3 heteroatoms. The number of hydrogen-bond acceptors (Lipinski definition) is 3. The lowest BCUT2D eigenvalue weighted by Crippen LogP contribution is -2.42. The van der Waals surface area contributed by atoms with Crippen LogP contribution in [0.15, 0.2) is 18.5 Å². The summed E-state index contributed by atoms with van der Waals surface area (Å²) in [6.07, 6.45) is 5.15. The summed E-state index contributed by atoms with van der Waals surface area (Å²) in [6.45, 7) is 12.3. The number of hydrogen-bond donors (Lipinski definition) is 1. The molecule has 2 atom stereocenters. The largest absolute Gasteiger partial charge is 0.312 e. The van der Waals surface area contributed by atoms with Crippen LogP contribution >= 0.6 is 0 Å². The van der Waals surface area contributed by atoms with E-state index in [1.54, 1.807) is 0 Å². The van der Waals surface area contributed by atoms with Crippen LogP contribution in [-0.4, -0.2) is 35.1 Å². The van der Waals surface area contributed by atoms with Gasteiger partial charge in [-0.05, 0) is 43.9 Å². The average molecular weight is 261 g/mol. The minimum absolute atomic E-state index is 0.600. The maximum Gasteiger partial charge on any atom is 0.0313 e. The maximum atomic E-state index is 4.31.